The summed E-state index contributed by atoms with van der Waals surface area (Å²) in [6, 6.07) is 7.50. The van der Waals surface area contributed by atoms with Crippen LogP contribution in [0.3, 0.4) is 0 Å². The van der Waals surface area contributed by atoms with Crippen LogP contribution >= 0.6 is 24.0 Å². The number of amides is 3. The van der Waals surface area contributed by atoms with Crippen molar-refractivity contribution in [2.24, 2.45) is 13.0 Å². The van der Waals surface area contributed by atoms with Gasteiger partial charge in [0.25, 0.3) is 11.8 Å². The van der Waals surface area contributed by atoms with E-state index in [2.05, 4.69) is 20.7 Å². The van der Waals surface area contributed by atoms with Gasteiger partial charge in [0, 0.05) is 74.8 Å². The number of hydrogen-bond acceptors (Lipinski definition) is 7. The van der Waals surface area contributed by atoms with Gasteiger partial charge in [0.1, 0.15) is 0 Å². The van der Waals surface area contributed by atoms with Crippen molar-refractivity contribution >= 4 is 47.4 Å². The Balaban J connectivity index is 0.00000504. The van der Waals surface area contributed by atoms with Gasteiger partial charge in [-0.3, -0.25) is 19.1 Å². The number of hydrogen-bond donors (Lipinski definition) is 2. The summed E-state index contributed by atoms with van der Waals surface area (Å²) < 4.78 is 39.0. The normalized spacial score (nSPS) is 15.1. The Labute approximate surface area is 305 Å². The van der Waals surface area contributed by atoms with Crippen molar-refractivity contribution in [3.63, 3.8) is 0 Å². The second-order valence-corrected chi connectivity index (χ2v) is 12.9. The summed E-state index contributed by atoms with van der Waals surface area (Å²) in [6.07, 6.45) is 4.60. The maximum Gasteiger partial charge on any atom is 0.291 e. The summed E-state index contributed by atoms with van der Waals surface area (Å²) in [5, 5.41) is 10.5. The first kappa shape index (κ1) is 37.9. The smallest absolute Gasteiger partial charge is 0.291 e. The molecule has 2 aliphatic heterocycles. The number of carbonyl (C=O) groups is 3. The number of carbonyl (C=O) groups excluding carboxylic acids is 3. The third-order valence-corrected chi connectivity index (χ3v) is 9.65. The molecule has 16 heteroatoms. The van der Waals surface area contributed by atoms with E-state index in [-0.39, 0.29) is 63.4 Å². The number of methoxy groups -OCH3 is 1. The lowest BCUT2D eigenvalue weighted by Crippen LogP contribution is -2.52. The molecule has 6 rings (SSSR count). The van der Waals surface area contributed by atoms with Crippen LogP contribution in [-0.4, -0.2) is 99.8 Å². The highest BCUT2D eigenvalue weighted by Gasteiger charge is 2.31. The van der Waals surface area contributed by atoms with Crippen molar-refractivity contribution in [3.8, 4) is 22.4 Å². The molecule has 2 aliphatic rings. The zero-order valence-corrected chi connectivity index (χ0v) is 30.1. The van der Waals surface area contributed by atoms with Crippen molar-refractivity contribution in [2.75, 3.05) is 58.3 Å². The fourth-order valence-corrected chi connectivity index (χ4v) is 6.75. The van der Waals surface area contributed by atoms with Crippen LogP contribution in [0.5, 0.6) is 0 Å². The number of nitrogens with one attached hydrogen (secondary N) is 2. The first-order valence-electron chi connectivity index (χ1n) is 16.5. The molecule has 2 fully saturated rings. The highest BCUT2D eigenvalue weighted by Crippen LogP contribution is 2.33. The van der Waals surface area contributed by atoms with Gasteiger partial charge in [-0.25, -0.2) is 13.8 Å². The highest BCUT2D eigenvalue weighted by molar-refractivity contribution is 6.34. The van der Waals surface area contributed by atoms with E-state index in [1.54, 1.807) is 41.9 Å². The van der Waals surface area contributed by atoms with E-state index in [0.717, 1.165) is 25.9 Å². The number of nitrogens with zero attached hydrogens (tertiary/aromatic N) is 6. The van der Waals surface area contributed by atoms with Gasteiger partial charge in [-0.2, -0.15) is 5.10 Å². The molecule has 0 saturated carbocycles. The number of aromatic nitrogens is 4. The molecule has 4 aromatic rings. The molecule has 3 amide bonds. The number of ether oxygens (including phenoxy) is 1. The predicted octanol–water partition coefficient (Wildman–Crippen LogP) is 4.80. The van der Waals surface area contributed by atoms with Gasteiger partial charge in [0.05, 0.1) is 41.3 Å². The summed E-state index contributed by atoms with van der Waals surface area (Å²) in [6.45, 7) is 6.02. The van der Waals surface area contributed by atoms with Gasteiger partial charge in [0.2, 0.25) is 5.91 Å². The summed E-state index contributed by atoms with van der Waals surface area (Å²) in [5.41, 5.74) is 1.80. The van der Waals surface area contributed by atoms with Crippen LogP contribution in [0.2, 0.25) is 5.02 Å². The monoisotopic (exact) mass is 744 g/mol. The lowest BCUT2D eigenvalue weighted by molar-refractivity contribution is -0.137. The van der Waals surface area contributed by atoms with Crippen molar-refractivity contribution in [1.29, 1.82) is 0 Å². The van der Waals surface area contributed by atoms with Crippen molar-refractivity contribution in [3.05, 3.63) is 76.5 Å². The predicted molar refractivity (Wildman–Crippen MR) is 191 cm³/mol. The Morgan fingerprint density at radius 2 is 1.67 bits per heavy atom. The Morgan fingerprint density at radius 3 is 2.35 bits per heavy atom. The summed E-state index contributed by atoms with van der Waals surface area (Å²) in [5.74, 6) is -2.86. The molecule has 0 aliphatic carbocycles. The van der Waals surface area contributed by atoms with Crippen LogP contribution in [0.25, 0.3) is 22.4 Å². The fourth-order valence-electron chi connectivity index (χ4n) is 6.49. The number of halogens is 4. The van der Waals surface area contributed by atoms with Crippen LogP contribution in [-0.2, 0) is 23.1 Å². The first-order valence-corrected chi connectivity index (χ1v) is 16.9. The van der Waals surface area contributed by atoms with Crippen molar-refractivity contribution in [2.45, 2.75) is 26.3 Å². The van der Waals surface area contributed by atoms with E-state index in [0.29, 0.717) is 56.3 Å². The minimum Gasteiger partial charge on any atom is -0.383 e. The fraction of sp³-hybridized carbons (Fsp3) is 0.400. The maximum atomic E-state index is 15.5. The van der Waals surface area contributed by atoms with Crippen LogP contribution in [0.4, 0.5) is 14.5 Å². The minimum absolute atomic E-state index is 0. The molecule has 0 bridgehead atoms. The zero-order valence-electron chi connectivity index (χ0n) is 28.5. The molecule has 2 saturated heterocycles. The van der Waals surface area contributed by atoms with Gasteiger partial charge < -0.3 is 29.7 Å². The summed E-state index contributed by atoms with van der Waals surface area (Å²) >= 11 is 6.51. The van der Waals surface area contributed by atoms with E-state index >= 15 is 8.78 Å². The van der Waals surface area contributed by atoms with Crippen LogP contribution < -0.4 is 10.6 Å². The molecule has 0 spiro atoms. The molecule has 2 aromatic carbocycles. The van der Waals surface area contributed by atoms with Crippen molar-refractivity contribution in [1.82, 2.24) is 34.4 Å². The highest BCUT2D eigenvalue weighted by atomic mass is 35.5. The van der Waals surface area contributed by atoms with Crippen LogP contribution in [0.15, 0.2) is 42.7 Å². The number of benzene rings is 2. The molecule has 0 radical (unpaired) electrons. The number of imidazole rings is 1. The quantitative estimate of drug-likeness (QED) is 0.252. The van der Waals surface area contributed by atoms with E-state index < -0.39 is 17.5 Å². The summed E-state index contributed by atoms with van der Waals surface area (Å²) in [7, 11) is 3.10. The largest absolute Gasteiger partial charge is 0.383 e. The second-order valence-electron chi connectivity index (χ2n) is 12.5. The van der Waals surface area contributed by atoms with Crippen LogP contribution in [0.1, 0.15) is 39.5 Å². The zero-order chi connectivity index (χ0) is 35.5. The second kappa shape index (κ2) is 16.3. The van der Waals surface area contributed by atoms with Gasteiger partial charge in [0.15, 0.2) is 17.5 Å². The molecule has 2 N–H and O–H groups in total. The molecule has 4 heterocycles. The number of piperidine rings is 1. The molecule has 272 valence electrons. The number of rotatable bonds is 9. The summed E-state index contributed by atoms with van der Waals surface area (Å²) in [4.78, 5) is 47.1. The Hall–Kier alpha value is -4.37. The third-order valence-electron chi connectivity index (χ3n) is 9.33. The lowest BCUT2D eigenvalue weighted by Gasteiger charge is -2.37. The van der Waals surface area contributed by atoms with E-state index in [1.165, 1.54) is 36.0 Å². The first-order chi connectivity index (χ1) is 24.1. The van der Waals surface area contributed by atoms with Gasteiger partial charge in [-0.05, 0) is 57.1 Å². The molecular formula is C35H40Cl2F2N8O4. The number of anilines is 1. The molecule has 0 atom stereocenters. The Kier molecular flexibility index (Phi) is 12.1. The van der Waals surface area contributed by atoms with E-state index in [9.17, 15) is 14.4 Å². The van der Waals surface area contributed by atoms with Crippen LogP contribution in [0, 0.1) is 24.5 Å². The van der Waals surface area contributed by atoms with Crippen molar-refractivity contribution < 1.29 is 27.9 Å². The average Bonchev–Trinajstić information content (AvgIpc) is 3.69. The molecule has 51 heavy (non-hydrogen) atoms. The van der Waals surface area contributed by atoms with E-state index in [1.807, 2.05) is 4.90 Å². The van der Waals surface area contributed by atoms with Gasteiger partial charge in [-0.1, -0.05) is 17.7 Å². The Morgan fingerprint density at radius 1 is 1.00 bits per heavy atom. The van der Waals surface area contributed by atoms with Gasteiger partial charge >= 0.3 is 0 Å². The average molecular weight is 746 g/mol. The number of aryl methyl sites for hydroxylation is 1. The number of piperazine rings is 1. The molecule has 0 unspecified atom stereocenters. The molecule has 2 aromatic heterocycles. The van der Waals surface area contributed by atoms with E-state index in [4.69, 9.17) is 16.3 Å². The lowest BCUT2D eigenvalue weighted by atomic mass is 9.96. The minimum atomic E-state index is -1.08. The van der Waals surface area contributed by atoms with Gasteiger partial charge in [-0.15, -0.1) is 12.4 Å². The SMILES string of the molecule is COCCn1cc(-c2ccc(-c3cnc(C(=O)Nc4ccc(C(=O)N5CCN(C(=O)C6CCNCC6)CC5)c(Cl)c4)n3C)c(F)c2F)c(C)n1.Cl. The third kappa shape index (κ3) is 7.93. The Bertz CT molecular complexity index is 1920. The molecular weight excluding hydrogens is 705 g/mol. The molecule has 12 nitrogen and oxygen atoms in total. The standard InChI is InChI=1S/C35H39ClF2N8O4.ClH/c1-21-27(20-46(42-21)16-17-50-3)24-6-7-26(31(38)30(24)37)29-19-40-32(43(29)2)33(47)41-23-4-5-25(28(36)18-23)35(49)45-14-12-44(13-15-45)34(48)22-8-10-39-11-9-22;/h4-7,18-20,22,39H,8-17H2,1-3H3,(H,41,47);1H. The maximum absolute atomic E-state index is 15.5. The topological polar surface area (TPSA) is 127 Å².